The second kappa shape index (κ2) is 6.61. The highest BCUT2D eigenvalue weighted by Crippen LogP contribution is 2.17. The first-order valence-electron chi connectivity index (χ1n) is 5.53. The van der Waals surface area contributed by atoms with Crippen LogP contribution in [0.25, 0.3) is 0 Å². The maximum absolute atomic E-state index is 3.98. The van der Waals surface area contributed by atoms with E-state index in [0.717, 1.165) is 18.2 Å². The Morgan fingerprint density at radius 3 is 2.64 bits per heavy atom. The van der Waals surface area contributed by atoms with Gasteiger partial charge >= 0.3 is 0 Å². The molecular weight excluding hydrogens is 170 g/mol. The quantitative estimate of drug-likeness (QED) is 0.658. The molecule has 0 atom stereocenters. The Labute approximate surface area is 87.6 Å². The molecule has 0 amide bonds. The molecule has 0 aliphatic heterocycles. The Morgan fingerprint density at radius 2 is 2.00 bits per heavy atom. The standard InChI is InChI=1S/C13H21N/c1-3-4-8-12(2)11-14-13-9-6-5-7-10-13/h3-4,8,13-14H,1-2,5-7,9-11H2/b8-4-. The van der Waals surface area contributed by atoms with Crippen molar-refractivity contribution in [2.75, 3.05) is 6.54 Å². The Balaban J connectivity index is 2.15. The van der Waals surface area contributed by atoms with E-state index >= 15 is 0 Å². The van der Waals surface area contributed by atoms with Crippen molar-refractivity contribution >= 4 is 0 Å². The van der Waals surface area contributed by atoms with Crippen LogP contribution in [0.15, 0.2) is 37.0 Å². The monoisotopic (exact) mass is 191 g/mol. The van der Waals surface area contributed by atoms with Gasteiger partial charge in [-0.05, 0) is 18.4 Å². The van der Waals surface area contributed by atoms with Gasteiger partial charge in [-0.1, -0.05) is 50.6 Å². The first kappa shape index (κ1) is 11.3. The van der Waals surface area contributed by atoms with Crippen LogP contribution in [-0.4, -0.2) is 12.6 Å². The Hall–Kier alpha value is -0.820. The molecule has 1 saturated carbocycles. The van der Waals surface area contributed by atoms with E-state index in [1.807, 2.05) is 12.2 Å². The smallest absolute Gasteiger partial charge is 0.0202 e. The van der Waals surface area contributed by atoms with Crippen molar-refractivity contribution in [2.45, 2.75) is 38.1 Å². The molecular formula is C13H21N. The highest BCUT2D eigenvalue weighted by Gasteiger charge is 2.11. The van der Waals surface area contributed by atoms with E-state index in [-0.39, 0.29) is 0 Å². The van der Waals surface area contributed by atoms with Crippen LogP contribution in [0, 0.1) is 0 Å². The third-order valence-corrected chi connectivity index (χ3v) is 2.69. The number of nitrogens with one attached hydrogen (secondary N) is 1. The maximum Gasteiger partial charge on any atom is 0.0202 e. The third-order valence-electron chi connectivity index (χ3n) is 2.69. The molecule has 1 heteroatoms. The van der Waals surface area contributed by atoms with Gasteiger partial charge in [-0.2, -0.15) is 0 Å². The van der Waals surface area contributed by atoms with E-state index in [1.165, 1.54) is 32.1 Å². The van der Waals surface area contributed by atoms with Gasteiger partial charge in [0.2, 0.25) is 0 Å². The molecule has 14 heavy (non-hydrogen) atoms. The molecule has 0 aromatic carbocycles. The topological polar surface area (TPSA) is 12.0 Å². The van der Waals surface area contributed by atoms with Gasteiger partial charge in [0.05, 0.1) is 0 Å². The highest BCUT2D eigenvalue weighted by molar-refractivity contribution is 5.19. The minimum Gasteiger partial charge on any atom is -0.310 e. The molecule has 0 aromatic rings. The molecule has 1 fully saturated rings. The molecule has 0 unspecified atom stereocenters. The molecule has 1 aliphatic rings. The van der Waals surface area contributed by atoms with Crippen molar-refractivity contribution < 1.29 is 0 Å². The molecule has 1 rings (SSSR count). The molecule has 0 aromatic heterocycles. The summed E-state index contributed by atoms with van der Waals surface area (Å²) in [5.74, 6) is 0. The van der Waals surface area contributed by atoms with E-state index in [4.69, 9.17) is 0 Å². The summed E-state index contributed by atoms with van der Waals surface area (Å²) in [4.78, 5) is 0. The molecule has 0 radical (unpaired) electrons. The Morgan fingerprint density at radius 1 is 1.29 bits per heavy atom. The van der Waals surface area contributed by atoms with Crippen molar-refractivity contribution in [3.8, 4) is 0 Å². The molecule has 0 heterocycles. The van der Waals surface area contributed by atoms with Gasteiger partial charge in [0.1, 0.15) is 0 Å². The molecule has 0 spiro atoms. The fourth-order valence-electron chi connectivity index (χ4n) is 1.85. The number of rotatable bonds is 5. The van der Waals surface area contributed by atoms with E-state index in [2.05, 4.69) is 18.5 Å². The fraction of sp³-hybridized carbons (Fsp3) is 0.538. The van der Waals surface area contributed by atoms with Gasteiger partial charge in [-0.3, -0.25) is 0 Å². The lowest BCUT2D eigenvalue weighted by Crippen LogP contribution is -2.32. The van der Waals surface area contributed by atoms with Crippen molar-refractivity contribution in [2.24, 2.45) is 0 Å². The van der Waals surface area contributed by atoms with Gasteiger partial charge in [-0.15, -0.1) is 0 Å². The summed E-state index contributed by atoms with van der Waals surface area (Å²) in [7, 11) is 0. The zero-order valence-corrected chi connectivity index (χ0v) is 8.97. The normalized spacial score (nSPS) is 18.6. The lowest BCUT2D eigenvalue weighted by Gasteiger charge is -2.22. The molecule has 1 N–H and O–H groups in total. The van der Waals surface area contributed by atoms with E-state index in [1.54, 1.807) is 6.08 Å². The van der Waals surface area contributed by atoms with Crippen LogP contribution in [0.2, 0.25) is 0 Å². The average Bonchev–Trinajstić information content (AvgIpc) is 2.25. The molecule has 0 saturated heterocycles. The summed E-state index contributed by atoms with van der Waals surface area (Å²) in [6.45, 7) is 8.53. The van der Waals surface area contributed by atoms with Crippen molar-refractivity contribution in [3.05, 3.63) is 37.0 Å². The zero-order valence-electron chi connectivity index (χ0n) is 8.97. The molecule has 0 bridgehead atoms. The van der Waals surface area contributed by atoms with Crippen LogP contribution in [0.5, 0.6) is 0 Å². The fourth-order valence-corrected chi connectivity index (χ4v) is 1.85. The largest absolute Gasteiger partial charge is 0.310 e. The first-order chi connectivity index (χ1) is 6.83. The van der Waals surface area contributed by atoms with Gasteiger partial charge < -0.3 is 5.32 Å². The zero-order chi connectivity index (χ0) is 10.2. The minimum absolute atomic E-state index is 0.720. The van der Waals surface area contributed by atoms with Crippen LogP contribution in [0.1, 0.15) is 32.1 Å². The third kappa shape index (κ3) is 4.43. The average molecular weight is 191 g/mol. The SMILES string of the molecule is C=C/C=C\C(=C)CNC1CCCCC1. The van der Waals surface area contributed by atoms with Crippen LogP contribution in [0.4, 0.5) is 0 Å². The number of allylic oxidation sites excluding steroid dienone is 2. The Kier molecular flexibility index (Phi) is 5.31. The highest BCUT2D eigenvalue weighted by atomic mass is 14.9. The van der Waals surface area contributed by atoms with Crippen molar-refractivity contribution in [1.82, 2.24) is 5.32 Å². The second-order valence-electron chi connectivity index (χ2n) is 3.97. The van der Waals surface area contributed by atoms with Crippen LogP contribution >= 0.6 is 0 Å². The predicted octanol–water partition coefficient (Wildman–Crippen LogP) is 3.21. The summed E-state index contributed by atoms with van der Waals surface area (Å²) >= 11 is 0. The van der Waals surface area contributed by atoms with Crippen LogP contribution < -0.4 is 5.32 Å². The summed E-state index contributed by atoms with van der Waals surface area (Å²) in [5, 5.41) is 3.55. The van der Waals surface area contributed by atoms with Crippen molar-refractivity contribution in [1.29, 1.82) is 0 Å². The maximum atomic E-state index is 3.98. The lowest BCUT2D eigenvalue weighted by molar-refractivity contribution is 0.383. The summed E-state index contributed by atoms with van der Waals surface area (Å²) in [5.41, 5.74) is 1.13. The lowest BCUT2D eigenvalue weighted by atomic mass is 9.95. The minimum atomic E-state index is 0.720. The first-order valence-corrected chi connectivity index (χ1v) is 5.53. The second-order valence-corrected chi connectivity index (χ2v) is 3.97. The van der Waals surface area contributed by atoms with Gasteiger partial charge in [0, 0.05) is 12.6 Å². The van der Waals surface area contributed by atoms with Gasteiger partial charge in [0.15, 0.2) is 0 Å². The number of hydrogen-bond donors (Lipinski definition) is 1. The van der Waals surface area contributed by atoms with E-state index < -0.39 is 0 Å². The van der Waals surface area contributed by atoms with Crippen LogP contribution in [0.3, 0.4) is 0 Å². The van der Waals surface area contributed by atoms with Crippen molar-refractivity contribution in [3.63, 3.8) is 0 Å². The summed E-state index contributed by atoms with van der Waals surface area (Å²) in [6.07, 6.45) is 12.6. The molecule has 1 nitrogen and oxygen atoms in total. The van der Waals surface area contributed by atoms with Crippen LogP contribution in [-0.2, 0) is 0 Å². The van der Waals surface area contributed by atoms with E-state index in [9.17, 15) is 0 Å². The molecule has 78 valence electrons. The van der Waals surface area contributed by atoms with Gasteiger partial charge in [-0.25, -0.2) is 0 Å². The Bertz CT molecular complexity index is 209. The summed E-state index contributed by atoms with van der Waals surface area (Å²) < 4.78 is 0. The predicted molar refractivity (Wildman–Crippen MR) is 63.4 cm³/mol. The van der Waals surface area contributed by atoms with Gasteiger partial charge in [0.25, 0.3) is 0 Å². The number of hydrogen-bond acceptors (Lipinski definition) is 1. The summed E-state index contributed by atoms with van der Waals surface area (Å²) in [6, 6.07) is 0.720. The van der Waals surface area contributed by atoms with E-state index in [0.29, 0.717) is 0 Å². The molecule has 1 aliphatic carbocycles.